The molecule has 2 aliphatic heterocycles. The Morgan fingerprint density at radius 2 is 0.861 bits per heavy atom. The third-order valence-electron chi connectivity index (χ3n) is 5.44. The fourth-order valence-corrected chi connectivity index (χ4v) is 3.46. The molecule has 2 rings (SSSR count). The van der Waals surface area contributed by atoms with Gasteiger partial charge in [-0.2, -0.15) is 0 Å². The van der Waals surface area contributed by atoms with Crippen LogP contribution in [0.2, 0.25) is 0 Å². The van der Waals surface area contributed by atoms with Crippen LogP contribution in [0.15, 0.2) is 24.3 Å². The first kappa shape index (κ1) is 27.9. The van der Waals surface area contributed by atoms with E-state index >= 15 is 0 Å². The van der Waals surface area contributed by atoms with Crippen molar-refractivity contribution in [3.63, 3.8) is 0 Å². The van der Waals surface area contributed by atoms with Gasteiger partial charge >= 0.3 is 11.9 Å². The minimum Gasteiger partial charge on any atom is -0.481 e. The molecule has 14 nitrogen and oxygen atoms in total. The molecule has 0 saturated carbocycles. The van der Waals surface area contributed by atoms with Gasteiger partial charge < -0.3 is 20.0 Å². The van der Waals surface area contributed by atoms with Crippen LogP contribution in [0, 0.1) is 0 Å². The zero-order valence-corrected chi connectivity index (χ0v) is 19.3. The average molecular weight is 506 g/mol. The molecule has 2 aliphatic rings. The first-order chi connectivity index (χ1) is 17.0. The molecule has 0 atom stereocenters. The summed E-state index contributed by atoms with van der Waals surface area (Å²) in [6.45, 7) is -0.966. The highest BCUT2D eigenvalue weighted by Gasteiger charge is 2.28. The molecule has 0 spiro atoms. The zero-order valence-electron chi connectivity index (χ0n) is 19.3. The van der Waals surface area contributed by atoms with Crippen molar-refractivity contribution < 1.29 is 48.6 Å². The van der Waals surface area contributed by atoms with Crippen molar-refractivity contribution in [2.75, 3.05) is 39.3 Å². The fourth-order valence-electron chi connectivity index (χ4n) is 3.46. The van der Waals surface area contributed by atoms with Crippen molar-refractivity contribution in [3.8, 4) is 0 Å². The predicted molar refractivity (Wildman–Crippen MR) is 119 cm³/mol. The molecule has 0 aromatic rings. The van der Waals surface area contributed by atoms with Crippen LogP contribution in [0.1, 0.15) is 25.7 Å². The van der Waals surface area contributed by atoms with E-state index < -0.39 is 60.2 Å². The zero-order chi connectivity index (χ0) is 26.8. The molecule has 194 valence electrons. The quantitative estimate of drug-likeness (QED) is 0.240. The molecule has 0 fully saturated rings. The van der Waals surface area contributed by atoms with Crippen LogP contribution in [0.3, 0.4) is 0 Å². The Kier molecular flexibility index (Phi) is 10.0. The second-order valence-electron chi connectivity index (χ2n) is 7.87. The maximum absolute atomic E-state index is 12.9. The summed E-state index contributed by atoms with van der Waals surface area (Å²) in [6, 6.07) is 0. The Balaban J connectivity index is 2.01. The van der Waals surface area contributed by atoms with Gasteiger partial charge in [-0.25, -0.2) is 0 Å². The SMILES string of the molecule is O=C(O)CCN(CCC(=O)O)C(=O)CCC(=O)N(CCN1C(=O)C=CC1=O)CCN1C(=O)C=CC1=O. The Morgan fingerprint density at radius 3 is 1.17 bits per heavy atom. The van der Waals surface area contributed by atoms with Gasteiger partial charge in [-0.1, -0.05) is 0 Å². The highest BCUT2D eigenvalue weighted by Crippen LogP contribution is 2.09. The number of rotatable bonds is 15. The summed E-state index contributed by atoms with van der Waals surface area (Å²) in [5, 5.41) is 17.7. The largest absolute Gasteiger partial charge is 0.481 e. The minimum absolute atomic E-state index is 0.114. The van der Waals surface area contributed by atoms with Crippen molar-refractivity contribution in [1.29, 1.82) is 0 Å². The molecule has 2 heterocycles. The smallest absolute Gasteiger partial charge is 0.305 e. The van der Waals surface area contributed by atoms with E-state index in [0.29, 0.717) is 0 Å². The fraction of sp³-hybridized carbons (Fsp3) is 0.455. The van der Waals surface area contributed by atoms with Crippen molar-refractivity contribution in [3.05, 3.63) is 24.3 Å². The summed E-state index contributed by atoms with van der Waals surface area (Å²) in [7, 11) is 0. The number of imide groups is 2. The van der Waals surface area contributed by atoms with Crippen LogP contribution in [0.4, 0.5) is 0 Å². The van der Waals surface area contributed by atoms with E-state index in [-0.39, 0.29) is 52.1 Å². The molecule has 0 aromatic carbocycles. The Hall–Kier alpha value is -4.36. The number of carboxylic acids is 2. The number of carboxylic acid groups (broad SMARTS) is 2. The maximum Gasteiger partial charge on any atom is 0.305 e. The van der Waals surface area contributed by atoms with Gasteiger partial charge in [0.15, 0.2) is 0 Å². The molecular formula is C22H26N4O10. The lowest BCUT2D eigenvalue weighted by Crippen LogP contribution is -2.45. The molecule has 2 N–H and O–H groups in total. The lowest BCUT2D eigenvalue weighted by Gasteiger charge is -2.27. The van der Waals surface area contributed by atoms with Crippen LogP contribution < -0.4 is 0 Å². The number of hydrogen-bond donors (Lipinski definition) is 2. The van der Waals surface area contributed by atoms with Crippen LogP contribution in [0.5, 0.6) is 0 Å². The van der Waals surface area contributed by atoms with E-state index in [1.165, 1.54) is 4.90 Å². The highest BCUT2D eigenvalue weighted by atomic mass is 16.4. The van der Waals surface area contributed by atoms with Gasteiger partial charge in [0, 0.05) is 76.4 Å². The van der Waals surface area contributed by atoms with Gasteiger partial charge in [0.2, 0.25) is 11.8 Å². The molecular weight excluding hydrogens is 480 g/mol. The molecule has 0 aliphatic carbocycles. The van der Waals surface area contributed by atoms with E-state index in [1.807, 2.05) is 0 Å². The van der Waals surface area contributed by atoms with Crippen molar-refractivity contribution in [1.82, 2.24) is 19.6 Å². The Labute approximate surface area is 205 Å². The molecule has 6 amide bonds. The van der Waals surface area contributed by atoms with Crippen LogP contribution in [-0.2, 0) is 38.4 Å². The van der Waals surface area contributed by atoms with Crippen LogP contribution in [0.25, 0.3) is 0 Å². The molecule has 36 heavy (non-hydrogen) atoms. The van der Waals surface area contributed by atoms with Crippen molar-refractivity contribution >= 4 is 47.4 Å². The maximum atomic E-state index is 12.9. The van der Waals surface area contributed by atoms with Gasteiger partial charge in [0.1, 0.15) is 0 Å². The normalized spacial score (nSPS) is 14.7. The van der Waals surface area contributed by atoms with E-state index in [4.69, 9.17) is 10.2 Å². The minimum atomic E-state index is -1.17. The van der Waals surface area contributed by atoms with Crippen molar-refractivity contribution in [2.45, 2.75) is 25.7 Å². The summed E-state index contributed by atoms with van der Waals surface area (Å²) in [6.07, 6.45) is 2.86. The van der Waals surface area contributed by atoms with Gasteiger partial charge in [-0.15, -0.1) is 0 Å². The lowest BCUT2D eigenvalue weighted by atomic mass is 10.2. The molecule has 14 heteroatoms. The van der Waals surface area contributed by atoms with Gasteiger partial charge in [0.25, 0.3) is 23.6 Å². The molecule has 0 bridgehead atoms. The molecule has 0 unspecified atom stereocenters. The summed E-state index contributed by atoms with van der Waals surface area (Å²) in [5.41, 5.74) is 0. The van der Waals surface area contributed by atoms with Crippen LogP contribution >= 0.6 is 0 Å². The second kappa shape index (κ2) is 12.9. The van der Waals surface area contributed by atoms with Gasteiger partial charge in [-0.3, -0.25) is 48.2 Å². The second-order valence-corrected chi connectivity index (χ2v) is 7.87. The van der Waals surface area contributed by atoms with E-state index in [2.05, 4.69) is 0 Å². The van der Waals surface area contributed by atoms with E-state index in [1.54, 1.807) is 0 Å². The van der Waals surface area contributed by atoms with E-state index in [9.17, 15) is 38.4 Å². The van der Waals surface area contributed by atoms with Crippen LogP contribution in [-0.4, -0.2) is 116 Å². The number of nitrogens with zero attached hydrogens (tertiary/aromatic N) is 4. The summed E-state index contributed by atoms with van der Waals surface area (Å²) >= 11 is 0. The molecule has 0 saturated heterocycles. The summed E-state index contributed by atoms with van der Waals surface area (Å²) < 4.78 is 0. The third kappa shape index (κ3) is 8.14. The monoisotopic (exact) mass is 506 g/mol. The summed E-state index contributed by atoms with van der Waals surface area (Å²) in [5.74, 6) is -5.74. The summed E-state index contributed by atoms with van der Waals surface area (Å²) in [4.78, 5) is 98.5. The Morgan fingerprint density at radius 1 is 0.556 bits per heavy atom. The topological polar surface area (TPSA) is 190 Å². The molecule has 0 aromatic heterocycles. The number of carbonyl (C=O) groups excluding carboxylic acids is 6. The predicted octanol–water partition coefficient (Wildman–Crippen LogP) is -1.78. The van der Waals surface area contributed by atoms with Gasteiger partial charge in [0.05, 0.1) is 12.8 Å². The van der Waals surface area contributed by atoms with Crippen molar-refractivity contribution in [2.24, 2.45) is 0 Å². The van der Waals surface area contributed by atoms with E-state index in [0.717, 1.165) is 39.0 Å². The highest BCUT2D eigenvalue weighted by molar-refractivity contribution is 6.13. The lowest BCUT2D eigenvalue weighted by molar-refractivity contribution is -0.141. The first-order valence-electron chi connectivity index (χ1n) is 11.1. The number of hydrogen-bond acceptors (Lipinski definition) is 8. The standard InChI is InChI=1S/C22H26N4O10/c27-15(23(9-7-21(33)34)10-8-22(35)36)1-2-16(28)24(11-13-25-17(29)3-4-18(25)30)12-14-26-19(31)5-6-20(26)32/h3-6H,1-2,7-14H2,(H,33,34)(H,35,36). The number of amides is 6. The third-order valence-corrected chi connectivity index (χ3v) is 5.44. The van der Waals surface area contributed by atoms with Gasteiger partial charge in [-0.05, 0) is 0 Å². The number of aliphatic carboxylic acids is 2. The molecule has 0 radical (unpaired) electrons. The first-order valence-corrected chi connectivity index (χ1v) is 11.1. The average Bonchev–Trinajstić information content (AvgIpc) is 3.31. The Bertz CT molecular complexity index is 918. The number of carbonyl (C=O) groups is 8.